The van der Waals surface area contributed by atoms with Crippen molar-refractivity contribution in [1.82, 2.24) is 97.6 Å². The average molecular weight is 1820 g/mol. The largest absolute Gasteiger partial charge is 0.394 e. The van der Waals surface area contributed by atoms with Gasteiger partial charge < -0.3 is 141 Å². The van der Waals surface area contributed by atoms with E-state index in [2.05, 4.69) is 86.4 Å². The van der Waals surface area contributed by atoms with E-state index in [0.29, 0.717) is 50.7 Å². The van der Waals surface area contributed by atoms with Gasteiger partial charge in [0, 0.05) is 12.0 Å². The number of nitrogens with one attached hydrogen (secondary N) is 1. The molecule has 0 amide bonds. The fourth-order valence-electron chi connectivity index (χ4n) is 16.5. The van der Waals surface area contributed by atoms with Gasteiger partial charge in [-0.3, -0.25) is 9.78 Å². The van der Waals surface area contributed by atoms with Gasteiger partial charge in [0.1, 0.15) is 163 Å². The number of anilines is 1. The van der Waals surface area contributed by atoms with Gasteiger partial charge in [0.15, 0.2) is 5.65 Å². The van der Waals surface area contributed by atoms with Gasteiger partial charge >= 0.3 is 0 Å². The molecule has 18 heterocycles. The van der Waals surface area contributed by atoms with Gasteiger partial charge in [0.2, 0.25) is 45.9 Å². The predicted molar refractivity (Wildman–Crippen MR) is 432 cm³/mol. The SMILES string of the molecule is C#C[C@@]1(c2ccc3c(C)ncnn23)O[C@H](CO)[C@@H](O)[C@@]1(C)O.CO[C@@]1(c2ccc3c(C)ncnn23)O[C@H](CO)[C@@H](O)[C@H]1O.C[C@@]1(O)[C@H](O)[C@@H](CO)O[C@@]1(O)c1cnc2c(=O)[nH]c(N)nn12.Cc1ncnn2c([C@]3(C#N)O[C@H](CO)[C@@H](O)[C@H]3O)ccc12.Cc1ncnn2c([C@]3(N=[N+]=[N-])O[C@H](CO)[C@@H](O)[C@@]3(C)O)ccc12.Cc1ncnn2c([C@]3(O)O[C@H](CO)[C@@H](O)[C@@]3(C)O)cnc12. The number of terminal acetylenes is 1. The van der Waals surface area contributed by atoms with Crippen molar-refractivity contribution in [2.24, 2.45) is 5.11 Å². The fraction of sp³-hybridized carbons (Fsp3) is 0.519. The number of fused-ring (bicyclic) bond motifs is 6. The first kappa shape index (κ1) is 96.0. The highest BCUT2D eigenvalue weighted by molar-refractivity contribution is 5.58. The number of azide groups is 1. The lowest BCUT2D eigenvalue weighted by molar-refractivity contribution is -0.276. The third-order valence-electron chi connectivity index (χ3n) is 24.2. The molecular formula is C77H95N25O28. The van der Waals surface area contributed by atoms with Gasteiger partial charge in [-0.05, 0) is 121 Å². The molecule has 0 aliphatic carbocycles. The summed E-state index contributed by atoms with van der Waals surface area (Å²) in [6.45, 7) is 10.8. The Kier molecular flexibility index (Phi) is 26.3. The molecular weight excluding hydrogens is 1720 g/mol. The molecule has 0 aromatic carbocycles. The van der Waals surface area contributed by atoms with Crippen LogP contribution in [0.4, 0.5) is 5.95 Å². The highest BCUT2D eigenvalue weighted by Crippen LogP contribution is 2.52. The number of rotatable bonds is 14. The van der Waals surface area contributed by atoms with Crippen LogP contribution in [0.2, 0.25) is 0 Å². The number of hydrogen-bond acceptors (Lipinski definition) is 44. The number of nitriles is 1. The lowest BCUT2D eigenvalue weighted by atomic mass is 9.80. The summed E-state index contributed by atoms with van der Waals surface area (Å²) in [6.07, 6.45) is -3.01. The van der Waals surface area contributed by atoms with E-state index >= 15 is 0 Å². The topological polar surface area (TPSA) is 795 Å². The second-order valence-corrected chi connectivity index (χ2v) is 31.8. The molecule has 6 aliphatic rings. The molecule has 0 saturated carbocycles. The van der Waals surface area contributed by atoms with Crippen LogP contribution in [-0.2, 0) is 67.4 Å². The number of aromatic nitrogens is 20. The zero-order valence-electron chi connectivity index (χ0n) is 70.6. The number of aliphatic hydroxyl groups is 20. The Morgan fingerprint density at radius 1 is 0.469 bits per heavy atom. The zero-order valence-corrected chi connectivity index (χ0v) is 70.6. The van der Waals surface area contributed by atoms with Crippen molar-refractivity contribution >= 4 is 39.3 Å². The number of aromatic amines is 1. The quantitative estimate of drug-likeness (QED) is 0.0208. The number of aryl methyl sites for hydroxylation is 5. The maximum atomic E-state index is 11.7. The molecule has 12 aromatic heterocycles. The number of aliphatic hydroxyl groups excluding tert-OH is 14. The van der Waals surface area contributed by atoms with Crippen LogP contribution in [0.15, 0.2) is 102 Å². The van der Waals surface area contributed by atoms with E-state index in [9.17, 15) is 112 Å². The minimum Gasteiger partial charge on any atom is -0.394 e. The number of imidazole rings is 2. The fourth-order valence-corrected chi connectivity index (χ4v) is 16.5. The number of methoxy groups -OCH3 is 1. The summed E-state index contributed by atoms with van der Waals surface area (Å²) in [7, 11) is 1.36. The summed E-state index contributed by atoms with van der Waals surface area (Å²) in [5.74, 6) is -4.10. The van der Waals surface area contributed by atoms with Gasteiger partial charge in [-0.15, -0.1) is 11.5 Å². The summed E-state index contributed by atoms with van der Waals surface area (Å²) < 4.78 is 46.4. The van der Waals surface area contributed by atoms with E-state index in [1.807, 2.05) is 19.9 Å². The van der Waals surface area contributed by atoms with Gasteiger partial charge in [-0.2, -0.15) is 30.8 Å². The van der Waals surface area contributed by atoms with E-state index < -0.39 is 187 Å². The maximum Gasteiger partial charge on any atom is 0.295 e. The molecule has 0 radical (unpaired) electrons. The zero-order chi connectivity index (χ0) is 95.0. The molecule has 53 heteroatoms. The minimum atomic E-state index is -2.45. The lowest BCUT2D eigenvalue weighted by Gasteiger charge is -2.34. The van der Waals surface area contributed by atoms with E-state index in [4.69, 9.17) is 50.8 Å². The Balaban J connectivity index is 0.000000133. The van der Waals surface area contributed by atoms with Crippen molar-refractivity contribution in [2.45, 2.75) is 204 Å². The summed E-state index contributed by atoms with van der Waals surface area (Å²) in [5, 5.41) is 238. The molecule has 12 aromatic rings. The highest BCUT2D eigenvalue weighted by atomic mass is 16.7. The Hall–Kier alpha value is -11.5. The standard InChI is InChI=1S/C15H17N3O4.C13H16N6O4.C13H14N4O4.C13H17N3O5.C12H16N4O5.C11H15N5O6/c1-4-15(14(3,21)13(20)11(7-19)22-15)12-6-5-10-9(2)16-8-17-18(10)12;1-7-8-3-4-10(19(8)16-6-15-7)13(17-18-14)12(2,22)11(21)9(5-20)23-13;1-7-8-2-3-10(17(8)16-6-15-7)13(5-14)12(20)11(19)9(4-18)21-13;1-7-8-3-4-10(16(8)15-6-14-7)13(20-2)12(19)11(18)9(5-17)21-13;1-6-10-13-3-8(16(10)15-5-14-6)12(20)11(2,19)9(18)7(4-17)21-12;1-10(20)6(18)4(3-17)22-11(10,21)5-2-13-7-8(19)14-9(12)15-16(5)7/h1,5-6,8,11,13,19-21H,7H2,2-3H3;3-4,6,9,11,20-22H,5H2,1-2H3;2-3,6,9,11-12,18-20H,4H2,1H3;3-4,6,9,11-12,17-19H,5H2,1-2H3;3,5,7,9,17-20H,4H2,1-2H3;2,4,6,17-18,20-21H,3H2,1H3,(H3,12,14,15,19)/t11-,13-,14-,15+;3*9-,11-,12-,13+;7-,9-,11-,12+;4-,6-,10-,11+/m111111/s1. The molecule has 53 nitrogen and oxygen atoms in total. The molecule has 696 valence electrons. The predicted octanol–water partition coefficient (Wildman–Crippen LogP) is -8.08. The van der Waals surface area contributed by atoms with Crippen LogP contribution < -0.4 is 11.3 Å². The monoisotopic (exact) mass is 1820 g/mol. The van der Waals surface area contributed by atoms with Crippen LogP contribution >= 0.6 is 0 Å². The molecule has 0 bridgehead atoms. The van der Waals surface area contributed by atoms with Crippen molar-refractivity contribution in [1.29, 1.82) is 5.26 Å². The van der Waals surface area contributed by atoms with Gasteiger partial charge in [-0.25, -0.2) is 62.0 Å². The van der Waals surface area contributed by atoms with Crippen molar-refractivity contribution in [3.05, 3.63) is 176 Å². The summed E-state index contributed by atoms with van der Waals surface area (Å²) in [5.41, 5.74) is 8.02. The summed E-state index contributed by atoms with van der Waals surface area (Å²) in [6, 6.07) is 15.4. The van der Waals surface area contributed by atoms with Crippen LogP contribution in [0.5, 0.6) is 0 Å². The third-order valence-corrected chi connectivity index (χ3v) is 24.2. The second kappa shape index (κ2) is 35.6. The first-order chi connectivity index (χ1) is 61.4. The number of nitrogen functional groups attached to an aromatic ring is 1. The molecule has 6 fully saturated rings. The van der Waals surface area contributed by atoms with E-state index in [-0.39, 0.29) is 34.4 Å². The number of H-pyrrole nitrogens is 1. The normalized spacial score (nSPS) is 34.3. The Labute approximate surface area is 731 Å². The lowest BCUT2D eigenvalue weighted by Crippen LogP contribution is -2.53. The first-order valence-electron chi connectivity index (χ1n) is 39.5. The average Bonchev–Trinajstić information content (AvgIpc) is 1.56. The van der Waals surface area contributed by atoms with Crippen molar-refractivity contribution in [3.8, 4) is 18.4 Å². The number of nitrogens with zero attached hydrogens (tertiary/aromatic N) is 23. The van der Waals surface area contributed by atoms with Crippen LogP contribution in [0.3, 0.4) is 0 Å². The number of nitrogens with two attached hydrogens (primary N) is 1. The smallest absolute Gasteiger partial charge is 0.295 e. The van der Waals surface area contributed by atoms with Crippen LogP contribution in [0, 0.1) is 58.3 Å². The van der Waals surface area contributed by atoms with Crippen LogP contribution in [0.25, 0.3) is 43.8 Å². The molecule has 130 heavy (non-hydrogen) atoms. The first-order valence-corrected chi connectivity index (χ1v) is 39.5. The Morgan fingerprint density at radius 3 is 1.27 bits per heavy atom. The number of hydrogen-bond donors (Lipinski definition) is 22. The van der Waals surface area contributed by atoms with Crippen LogP contribution in [0.1, 0.15) is 90.3 Å². The van der Waals surface area contributed by atoms with Gasteiger partial charge in [0.05, 0.1) is 120 Å². The molecule has 0 unspecified atom stereocenters. The molecule has 24 atom stereocenters. The number of ether oxygens (including phenoxy) is 7. The Bertz CT molecular complexity index is 6280. The minimum absolute atomic E-state index is 0.0444. The van der Waals surface area contributed by atoms with Gasteiger partial charge in [-0.1, -0.05) is 5.92 Å². The van der Waals surface area contributed by atoms with Crippen molar-refractivity contribution in [2.75, 3.05) is 52.5 Å². The second-order valence-electron chi connectivity index (χ2n) is 31.8. The summed E-state index contributed by atoms with van der Waals surface area (Å²) in [4.78, 5) is 44.9. The van der Waals surface area contributed by atoms with Crippen LogP contribution in [-0.4, -0.2) is 354 Å². The van der Waals surface area contributed by atoms with E-state index in [1.54, 1.807) is 73.8 Å². The molecule has 18 rings (SSSR count). The van der Waals surface area contributed by atoms with E-state index in [1.165, 1.54) is 83.8 Å². The molecule has 6 saturated heterocycles. The highest BCUT2D eigenvalue weighted by Gasteiger charge is 2.69. The molecule has 6 aliphatic heterocycles. The molecule has 0 spiro atoms. The summed E-state index contributed by atoms with van der Waals surface area (Å²) >= 11 is 0. The Morgan fingerprint density at radius 2 is 0.846 bits per heavy atom. The van der Waals surface area contributed by atoms with Gasteiger partial charge in [0.25, 0.3) is 5.56 Å². The molecule has 23 N–H and O–H groups in total. The van der Waals surface area contributed by atoms with Crippen molar-refractivity contribution in [3.63, 3.8) is 0 Å². The third kappa shape index (κ3) is 14.8. The maximum absolute atomic E-state index is 11.7. The van der Waals surface area contributed by atoms with E-state index in [0.717, 1.165) is 34.5 Å². The van der Waals surface area contributed by atoms with Crippen molar-refractivity contribution < 1.29 is 135 Å².